The fourth-order valence-electron chi connectivity index (χ4n) is 1.09. The van der Waals surface area contributed by atoms with E-state index in [2.05, 4.69) is 11.3 Å². The van der Waals surface area contributed by atoms with Gasteiger partial charge in [0.25, 0.3) is 0 Å². The molecule has 0 aromatic rings. The number of rotatable bonds is 7. The molecule has 0 bridgehead atoms. The van der Waals surface area contributed by atoms with Gasteiger partial charge in [0.1, 0.15) is 6.04 Å². The summed E-state index contributed by atoms with van der Waals surface area (Å²) in [5, 5.41) is 0. The highest BCUT2D eigenvalue weighted by Crippen LogP contribution is 2.08. The third kappa shape index (κ3) is 4.94. The van der Waals surface area contributed by atoms with E-state index in [0.717, 1.165) is 0 Å². The molecule has 2 atom stereocenters. The number of carbonyl (C=O) groups is 1. The van der Waals surface area contributed by atoms with Crippen molar-refractivity contribution in [3.8, 4) is 0 Å². The van der Waals surface area contributed by atoms with Crippen molar-refractivity contribution >= 4 is 15.9 Å². The Balaban J connectivity index is 4.69. The second-order valence-electron chi connectivity index (χ2n) is 3.45. The van der Waals surface area contributed by atoms with Crippen molar-refractivity contribution in [1.29, 1.82) is 0 Å². The van der Waals surface area contributed by atoms with Crippen LogP contribution in [0.3, 0.4) is 0 Å². The zero-order valence-corrected chi connectivity index (χ0v) is 9.88. The minimum absolute atomic E-state index is 0.123. The van der Waals surface area contributed by atoms with Gasteiger partial charge in [-0.15, -0.1) is 6.58 Å². The summed E-state index contributed by atoms with van der Waals surface area (Å²) in [6.45, 7) is 6.96. The highest BCUT2D eigenvalue weighted by atomic mass is 32.2. The van der Waals surface area contributed by atoms with E-state index in [0.29, 0.717) is 6.42 Å². The molecule has 0 aliphatic carbocycles. The summed E-state index contributed by atoms with van der Waals surface area (Å²) < 4.78 is 25.0. The fraction of sp³-hybridized carbons (Fsp3) is 0.667. The van der Waals surface area contributed by atoms with Crippen LogP contribution in [0.5, 0.6) is 0 Å². The van der Waals surface area contributed by atoms with E-state index in [1.807, 2.05) is 6.92 Å². The first-order chi connectivity index (χ1) is 6.84. The maximum atomic E-state index is 11.4. The van der Waals surface area contributed by atoms with E-state index < -0.39 is 22.0 Å². The molecular formula is C9H18N2O3S. The van der Waals surface area contributed by atoms with E-state index in [-0.39, 0.29) is 11.7 Å². The molecular weight excluding hydrogens is 216 g/mol. The normalized spacial score (nSPS) is 15.6. The Morgan fingerprint density at radius 2 is 2.13 bits per heavy atom. The minimum atomic E-state index is -3.50. The summed E-state index contributed by atoms with van der Waals surface area (Å²) in [5.74, 6) is -0.994. The lowest BCUT2D eigenvalue weighted by Gasteiger charge is -2.20. The Hall–Kier alpha value is -0.880. The van der Waals surface area contributed by atoms with Crippen LogP contribution < -0.4 is 10.5 Å². The first kappa shape index (κ1) is 14.1. The molecule has 3 N–H and O–H groups in total. The van der Waals surface area contributed by atoms with Crippen LogP contribution in [0.2, 0.25) is 0 Å². The molecule has 6 heteroatoms. The molecule has 15 heavy (non-hydrogen) atoms. The molecule has 0 saturated carbocycles. The second-order valence-corrected chi connectivity index (χ2v) is 5.25. The van der Waals surface area contributed by atoms with Gasteiger partial charge < -0.3 is 5.73 Å². The molecule has 0 aromatic heterocycles. The summed E-state index contributed by atoms with van der Waals surface area (Å²) in [5.41, 5.74) is 5.12. The number of hydrogen-bond donors (Lipinski definition) is 2. The van der Waals surface area contributed by atoms with Crippen molar-refractivity contribution in [2.75, 3.05) is 5.75 Å². The summed E-state index contributed by atoms with van der Waals surface area (Å²) >= 11 is 0. The summed E-state index contributed by atoms with van der Waals surface area (Å²) in [7, 11) is -3.50. The van der Waals surface area contributed by atoms with Crippen molar-refractivity contribution < 1.29 is 13.2 Å². The van der Waals surface area contributed by atoms with E-state index in [1.54, 1.807) is 6.92 Å². The Bertz CT molecular complexity index is 324. The van der Waals surface area contributed by atoms with Crippen molar-refractivity contribution in [1.82, 2.24) is 4.72 Å². The lowest BCUT2D eigenvalue weighted by molar-refractivity contribution is -0.120. The first-order valence-corrected chi connectivity index (χ1v) is 6.39. The number of primary amides is 1. The molecule has 0 fully saturated rings. The molecule has 0 heterocycles. The number of nitrogens with one attached hydrogen (secondary N) is 1. The molecule has 0 spiro atoms. The smallest absolute Gasteiger partial charge is 0.235 e. The molecule has 0 aliphatic heterocycles. The van der Waals surface area contributed by atoms with Gasteiger partial charge in [-0.05, 0) is 5.92 Å². The molecule has 0 saturated heterocycles. The van der Waals surface area contributed by atoms with Gasteiger partial charge in [-0.1, -0.05) is 26.3 Å². The Kier molecular flexibility index (Phi) is 5.53. The Morgan fingerprint density at radius 1 is 1.60 bits per heavy atom. The lowest BCUT2D eigenvalue weighted by Crippen LogP contribution is -2.48. The number of carbonyl (C=O) groups excluding carboxylic acids is 1. The zero-order chi connectivity index (χ0) is 12.1. The van der Waals surface area contributed by atoms with Crippen molar-refractivity contribution in [2.24, 2.45) is 11.7 Å². The van der Waals surface area contributed by atoms with E-state index in [4.69, 9.17) is 5.73 Å². The molecule has 0 rings (SSSR count). The molecule has 88 valence electrons. The monoisotopic (exact) mass is 234 g/mol. The van der Waals surface area contributed by atoms with Gasteiger partial charge in [0.2, 0.25) is 15.9 Å². The average Bonchev–Trinajstić information content (AvgIpc) is 2.12. The quantitative estimate of drug-likeness (QED) is 0.607. The standard InChI is InChI=1S/C9H18N2O3S/c1-4-6-15(13,14)11-8(9(10)12)7(3)5-2/h4,7-8,11H,1,5-6H2,2-3H3,(H2,10,12). The number of sulfonamides is 1. The van der Waals surface area contributed by atoms with Crippen LogP contribution in [0, 0.1) is 5.92 Å². The summed E-state index contributed by atoms with van der Waals surface area (Å²) in [6, 6.07) is -0.847. The highest BCUT2D eigenvalue weighted by Gasteiger charge is 2.25. The van der Waals surface area contributed by atoms with E-state index in [9.17, 15) is 13.2 Å². The zero-order valence-electron chi connectivity index (χ0n) is 9.06. The Labute approximate surface area is 90.8 Å². The van der Waals surface area contributed by atoms with Gasteiger partial charge in [0.15, 0.2) is 0 Å². The van der Waals surface area contributed by atoms with Crippen LogP contribution in [0.15, 0.2) is 12.7 Å². The third-order valence-corrected chi connectivity index (χ3v) is 3.45. The van der Waals surface area contributed by atoms with Crippen molar-refractivity contribution in [3.05, 3.63) is 12.7 Å². The predicted octanol–water partition coefficient (Wildman–Crippen LogP) is -0.00820. The Morgan fingerprint density at radius 3 is 2.47 bits per heavy atom. The highest BCUT2D eigenvalue weighted by molar-refractivity contribution is 7.89. The average molecular weight is 234 g/mol. The molecule has 1 amide bonds. The molecule has 0 aliphatic rings. The van der Waals surface area contributed by atoms with Crippen LogP contribution in [0.25, 0.3) is 0 Å². The number of nitrogens with two attached hydrogens (primary N) is 1. The van der Waals surface area contributed by atoms with Crippen molar-refractivity contribution in [3.63, 3.8) is 0 Å². The van der Waals surface area contributed by atoms with Gasteiger partial charge >= 0.3 is 0 Å². The van der Waals surface area contributed by atoms with Crippen molar-refractivity contribution in [2.45, 2.75) is 26.3 Å². The van der Waals surface area contributed by atoms with Gasteiger partial charge in [0.05, 0.1) is 5.75 Å². The summed E-state index contributed by atoms with van der Waals surface area (Å²) in [6.07, 6.45) is 1.93. The third-order valence-electron chi connectivity index (χ3n) is 2.16. The van der Waals surface area contributed by atoms with E-state index >= 15 is 0 Å². The first-order valence-electron chi connectivity index (χ1n) is 4.74. The van der Waals surface area contributed by atoms with Gasteiger partial charge in [-0.3, -0.25) is 4.79 Å². The maximum Gasteiger partial charge on any atom is 0.235 e. The minimum Gasteiger partial charge on any atom is -0.368 e. The predicted molar refractivity (Wildman–Crippen MR) is 59.6 cm³/mol. The molecule has 0 radical (unpaired) electrons. The molecule has 5 nitrogen and oxygen atoms in total. The molecule has 2 unspecified atom stereocenters. The van der Waals surface area contributed by atoms with Crippen LogP contribution in [0.1, 0.15) is 20.3 Å². The number of amides is 1. The van der Waals surface area contributed by atoms with Gasteiger partial charge in [-0.25, -0.2) is 13.1 Å². The fourth-order valence-corrected chi connectivity index (χ4v) is 2.23. The van der Waals surface area contributed by atoms with Crippen LogP contribution in [-0.4, -0.2) is 26.1 Å². The van der Waals surface area contributed by atoms with Gasteiger partial charge in [0, 0.05) is 0 Å². The maximum absolute atomic E-state index is 11.4. The SMILES string of the molecule is C=CCS(=O)(=O)NC(C(N)=O)C(C)CC. The van der Waals surface area contributed by atoms with Crippen LogP contribution in [0.4, 0.5) is 0 Å². The second kappa shape index (κ2) is 5.87. The summed E-state index contributed by atoms with van der Waals surface area (Å²) in [4.78, 5) is 11.1. The number of hydrogen-bond acceptors (Lipinski definition) is 3. The van der Waals surface area contributed by atoms with E-state index in [1.165, 1.54) is 6.08 Å². The van der Waals surface area contributed by atoms with Gasteiger partial charge in [-0.2, -0.15) is 0 Å². The molecule has 0 aromatic carbocycles. The largest absolute Gasteiger partial charge is 0.368 e. The van der Waals surface area contributed by atoms with Crippen LogP contribution in [-0.2, 0) is 14.8 Å². The lowest BCUT2D eigenvalue weighted by atomic mass is 10.00. The topological polar surface area (TPSA) is 89.3 Å². The van der Waals surface area contributed by atoms with Crippen LogP contribution >= 0.6 is 0 Å².